The number of carbonyl (C=O) groups is 1. The summed E-state index contributed by atoms with van der Waals surface area (Å²) in [6.45, 7) is 3.81. The number of aromatic nitrogens is 2. The lowest BCUT2D eigenvalue weighted by Crippen LogP contribution is -2.52. The summed E-state index contributed by atoms with van der Waals surface area (Å²) in [4.78, 5) is 16.4. The molecule has 2 N–H and O–H groups in total. The number of carbonyl (C=O) groups excluding carboxylic acids is 1. The van der Waals surface area contributed by atoms with E-state index in [1.165, 1.54) is 0 Å². The molecule has 5 heteroatoms. The molecule has 0 aliphatic carbocycles. The highest BCUT2D eigenvalue weighted by atomic mass is 16.5. The van der Waals surface area contributed by atoms with Crippen molar-refractivity contribution in [2.45, 2.75) is 31.8 Å². The number of rotatable bonds is 3. The van der Waals surface area contributed by atoms with E-state index in [1.54, 1.807) is 12.4 Å². The number of ether oxygens (including phenoxy) is 1. The van der Waals surface area contributed by atoms with Crippen LogP contribution in [0.5, 0.6) is 0 Å². The van der Waals surface area contributed by atoms with Crippen molar-refractivity contribution in [3.8, 4) is 0 Å². The molecule has 0 atom stereocenters. The number of nitrogens with two attached hydrogens (primary N) is 1. The SMILES string of the molecule is CCn1ccnc1C(=O)C1(N)CCOCC1. The molecule has 1 saturated heterocycles. The molecule has 0 unspecified atom stereocenters. The molecule has 1 fully saturated rings. The zero-order valence-corrected chi connectivity index (χ0v) is 9.48. The minimum atomic E-state index is -0.795. The lowest BCUT2D eigenvalue weighted by Gasteiger charge is -2.31. The molecule has 16 heavy (non-hydrogen) atoms. The lowest BCUT2D eigenvalue weighted by molar-refractivity contribution is 0.0438. The maximum absolute atomic E-state index is 12.3. The zero-order valence-electron chi connectivity index (χ0n) is 9.48. The third-order valence-electron chi connectivity index (χ3n) is 3.10. The zero-order chi connectivity index (χ0) is 11.6. The van der Waals surface area contributed by atoms with E-state index in [0.717, 1.165) is 6.54 Å². The molecule has 2 heterocycles. The summed E-state index contributed by atoms with van der Waals surface area (Å²) in [5.74, 6) is 0.398. The van der Waals surface area contributed by atoms with Crippen LogP contribution in [0.25, 0.3) is 0 Å². The van der Waals surface area contributed by atoms with E-state index < -0.39 is 5.54 Å². The Morgan fingerprint density at radius 3 is 2.94 bits per heavy atom. The number of aryl methyl sites for hydroxylation is 1. The summed E-state index contributed by atoms with van der Waals surface area (Å²) >= 11 is 0. The molecule has 2 rings (SSSR count). The number of hydrogen-bond acceptors (Lipinski definition) is 4. The highest BCUT2D eigenvalue weighted by Gasteiger charge is 2.38. The Kier molecular flexibility index (Phi) is 3.07. The molecule has 1 aliphatic rings. The normalized spacial score (nSPS) is 19.6. The van der Waals surface area contributed by atoms with Crippen molar-refractivity contribution in [1.29, 1.82) is 0 Å². The maximum atomic E-state index is 12.3. The van der Waals surface area contributed by atoms with Crippen LogP contribution in [0.15, 0.2) is 12.4 Å². The fourth-order valence-electron chi connectivity index (χ4n) is 1.96. The second-order valence-electron chi connectivity index (χ2n) is 4.13. The summed E-state index contributed by atoms with van der Waals surface area (Å²) in [5.41, 5.74) is 5.34. The fraction of sp³-hybridized carbons (Fsp3) is 0.636. The predicted molar refractivity (Wildman–Crippen MR) is 59.2 cm³/mol. The number of Topliss-reactive ketones (excluding diaryl/α,β-unsaturated/α-hetero) is 1. The molecule has 88 valence electrons. The highest BCUT2D eigenvalue weighted by molar-refractivity contribution is 6.00. The third-order valence-corrected chi connectivity index (χ3v) is 3.10. The van der Waals surface area contributed by atoms with Crippen molar-refractivity contribution >= 4 is 5.78 Å². The highest BCUT2D eigenvalue weighted by Crippen LogP contribution is 2.22. The molecule has 1 aromatic rings. The standard InChI is InChI=1S/C11H17N3O2/c1-2-14-6-5-13-10(14)9(15)11(12)3-7-16-8-4-11/h5-6H,2-4,7-8,12H2,1H3. The predicted octanol–water partition coefficient (Wildman–Crippen LogP) is 0.594. The van der Waals surface area contributed by atoms with Crippen LogP contribution in [-0.4, -0.2) is 34.1 Å². The molecule has 0 bridgehead atoms. The molecule has 1 aliphatic heterocycles. The Bertz CT molecular complexity index is 380. The van der Waals surface area contributed by atoms with Gasteiger partial charge in [0.05, 0.1) is 5.54 Å². The van der Waals surface area contributed by atoms with Crippen LogP contribution in [0.3, 0.4) is 0 Å². The average Bonchev–Trinajstić information content (AvgIpc) is 2.77. The van der Waals surface area contributed by atoms with Gasteiger partial charge in [-0.1, -0.05) is 0 Å². The first-order chi connectivity index (χ1) is 7.67. The molecule has 0 amide bonds. The van der Waals surface area contributed by atoms with E-state index in [0.29, 0.717) is 31.9 Å². The van der Waals surface area contributed by atoms with Gasteiger partial charge in [-0.05, 0) is 19.8 Å². The van der Waals surface area contributed by atoms with Crippen molar-refractivity contribution in [2.75, 3.05) is 13.2 Å². The summed E-state index contributed by atoms with van der Waals surface area (Å²) in [6, 6.07) is 0. The van der Waals surface area contributed by atoms with Crippen molar-refractivity contribution < 1.29 is 9.53 Å². The fourth-order valence-corrected chi connectivity index (χ4v) is 1.96. The van der Waals surface area contributed by atoms with Crippen molar-refractivity contribution in [3.05, 3.63) is 18.2 Å². The molecular formula is C11H17N3O2. The summed E-state index contributed by atoms with van der Waals surface area (Å²) in [7, 11) is 0. The van der Waals surface area contributed by atoms with Gasteiger partial charge in [-0.15, -0.1) is 0 Å². The number of ketones is 1. The molecule has 0 radical (unpaired) electrons. The first-order valence-electron chi connectivity index (χ1n) is 5.60. The maximum Gasteiger partial charge on any atom is 0.218 e. The number of imidazole rings is 1. The van der Waals surface area contributed by atoms with Gasteiger partial charge < -0.3 is 15.0 Å². The Balaban J connectivity index is 2.24. The monoisotopic (exact) mass is 223 g/mol. The first-order valence-corrected chi connectivity index (χ1v) is 5.60. The van der Waals surface area contributed by atoms with E-state index >= 15 is 0 Å². The van der Waals surface area contributed by atoms with Crippen LogP contribution >= 0.6 is 0 Å². The van der Waals surface area contributed by atoms with E-state index in [-0.39, 0.29) is 5.78 Å². The van der Waals surface area contributed by atoms with Crippen LogP contribution < -0.4 is 5.73 Å². The first kappa shape index (κ1) is 11.3. The largest absolute Gasteiger partial charge is 0.381 e. The lowest BCUT2D eigenvalue weighted by atomic mass is 9.86. The second-order valence-corrected chi connectivity index (χ2v) is 4.13. The van der Waals surface area contributed by atoms with Gasteiger partial charge >= 0.3 is 0 Å². The Morgan fingerprint density at radius 1 is 1.62 bits per heavy atom. The Hall–Kier alpha value is -1.20. The number of nitrogens with zero attached hydrogens (tertiary/aromatic N) is 2. The van der Waals surface area contributed by atoms with E-state index in [2.05, 4.69) is 4.98 Å². The summed E-state index contributed by atoms with van der Waals surface area (Å²) in [5, 5.41) is 0. The van der Waals surface area contributed by atoms with Crippen molar-refractivity contribution in [2.24, 2.45) is 5.73 Å². The van der Waals surface area contributed by atoms with Gasteiger partial charge in [-0.25, -0.2) is 4.98 Å². The average molecular weight is 223 g/mol. The van der Waals surface area contributed by atoms with Gasteiger partial charge in [0.1, 0.15) is 0 Å². The van der Waals surface area contributed by atoms with E-state index in [4.69, 9.17) is 10.5 Å². The minimum absolute atomic E-state index is 0.0670. The van der Waals surface area contributed by atoms with Gasteiger partial charge in [0.25, 0.3) is 0 Å². The van der Waals surface area contributed by atoms with E-state index in [1.807, 2.05) is 11.5 Å². The molecule has 0 spiro atoms. The molecular weight excluding hydrogens is 206 g/mol. The minimum Gasteiger partial charge on any atom is -0.381 e. The second kappa shape index (κ2) is 4.35. The van der Waals surface area contributed by atoms with Crippen molar-refractivity contribution in [3.63, 3.8) is 0 Å². The molecule has 0 saturated carbocycles. The van der Waals surface area contributed by atoms with E-state index in [9.17, 15) is 4.79 Å². The van der Waals surface area contributed by atoms with Gasteiger partial charge in [0, 0.05) is 32.2 Å². The van der Waals surface area contributed by atoms with Gasteiger partial charge in [-0.3, -0.25) is 4.79 Å². The van der Waals surface area contributed by atoms with Crippen LogP contribution in [0.2, 0.25) is 0 Å². The van der Waals surface area contributed by atoms with Gasteiger partial charge in [-0.2, -0.15) is 0 Å². The number of hydrogen-bond donors (Lipinski definition) is 1. The van der Waals surface area contributed by atoms with Crippen LogP contribution in [-0.2, 0) is 11.3 Å². The van der Waals surface area contributed by atoms with Crippen molar-refractivity contribution in [1.82, 2.24) is 9.55 Å². The van der Waals surface area contributed by atoms with Gasteiger partial charge in [0.2, 0.25) is 5.78 Å². The topological polar surface area (TPSA) is 70.1 Å². The smallest absolute Gasteiger partial charge is 0.218 e. The Labute approximate surface area is 94.6 Å². The molecule has 5 nitrogen and oxygen atoms in total. The summed E-state index contributed by atoms with van der Waals surface area (Å²) < 4.78 is 7.06. The third kappa shape index (κ3) is 1.88. The quantitative estimate of drug-likeness (QED) is 0.761. The van der Waals surface area contributed by atoms with Crippen LogP contribution in [0, 0.1) is 0 Å². The molecule has 1 aromatic heterocycles. The molecule has 0 aromatic carbocycles. The summed E-state index contributed by atoms with van der Waals surface area (Å²) in [6.07, 6.45) is 4.58. The van der Waals surface area contributed by atoms with Crippen LogP contribution in [0.1, 0.15) is 30.4 Å². The van der Waals surface area contributed by atoms with Crippen LogP contribution in [0.4, 0.5) is 0 Å². The Morgan fingerprint density at radius 2 is 2.31 bits per heavy atom. The van der Waals surface area contributed by atoms with Gasteiger partial charge in [0.15, 0.2) is 5.82 Å².